The summed E-state index contributed by atoms with van der Waals surface area (Å²) in [5.74, 6) is 0. The summed E-state index contributed by atoms with van der Waals surface area (Å²) in [6.45, 7) is 2.07. The maximum absolute atomic E-state index is 12.2. The lowest BCUT2D eigenvalue weighted by molar-refractivity contribution is 0.588. The minimum Gasteiger partial charge on any atom is -0.378 e. The summed E-state index contributed by atoms with van der Waals surface area (Å²) in [6.07, 6.45) is 3.56. The number of aryl methyl sites for hydroxylation is 1. The number of hydrogen-bond donors (Lipinski definition) is 2. The molecule has 2 N–H and O–H groups in total. The zero-order valence-corrected chi connectivity index (χ0v) is 15.8. The van der Waals surface area contributed by atoms with Crippen molar-refractivity contribution in [3.63, 3.8) is 0 Å². The van der Waals surface area contributed by atoms with Crippen molar-refractivity contribution < 1.29 is 8.42 Å². The van der Waals surface area contributed by atoms with Crippen molar-refractivity contribution in [3.05, 3.63) is 66.6 Å². The number of nitrogens with zero attached hydrogens (tertiary/aromatic N) is 2. The lowest BCUT2D eigenvalue weighted by Crippen LogP contribution is -2.18. The average molecular weight is 370 g/mol. The SMILES string of the molecule is CNS(=O)(=O)c1ccc(N[C@@H](C)c2ccccc2)c(-c2cn(C)cn2)c1. The van der Waals surface area contributed by atoms with Gasteiger partial charge in [-0.15, -0.1) is 0 Å². The molecule has 2 aromatic carbocycles. The van der Waals surface area contributed by atoms with Crippen molar-refractivity contribution in [3.8, 4) is 11.3 Å². The van der Waals surface area contributed by atoms with Gasteiger partial charge < -0.3 is 9.88 Å². The number of sulfonamides is 1. The van der Waals surface area contributed by atoms with Crippen molar-refractivity contribution in [2.24, 2.45) is 7.05 Å². The first-order valence-electron chi connectivity index (χ1n) is 8.28. The van der Waals surface area contributed by atoms with Crippen LogP contribution in [0.15, 0.2) is 66.0 Å². The number of nitrogens with one attached hydrogen (secondary N) is 2. The van der Waals surface area contributed by atoms with Crippen molar-refractivity contribution in [2.75, 3.05) is 12.4 Å². The molecule has 0 amide bonds. The molecule has 0 radical (unpaired) electrons. The number of hydrogen-bond acceptors (Lipinski definition) is 4. The smallest absolute Gasteiger partial charge is 0.240 e. The van der Waals surface area contributed by atoms with Crippen molar-refractivity contribution >= 4 is 15.7 Å². The average Bonchev–Trinajstić information content (AvgIpc) is 3.08. The molecule has 6 nitrogen and oxygen atoms in total. The first-order valence-corrected chi connectivity index (χ1v) is 9.76. The summed E-state index contributed by atoms with van der Waals surface area (Å²) >= 11 is 0. The Morgan fingerprint density at radius 3 is 2.46 bits per heavy atom. The topological polar surface area (TPSA) is 76.0 Å². The van der Waals surface area contributed by atoms with Gasteiger partial charge in [0.1, 0.15) is 0 Å². The summed E-state index contributed by atoms with van der Waals surface area (Å²) < 4.78 is 28.6. The molecule has 0 saturated heterocycles. The van der Waals surface area contributed by atoms with Crippen molar-refractivity contribution in [1.29, 1.82) is 0 Å². The zero-order valence-electron chi connectivity index (χ0n) is 15.0. The highest BCUT2D eigenvalue weighted by atomic mass is 32.2. The van der Waals surface area contributed by atoms with E-state index in [1.54, 1.807) is 24.5 Å². The summed E-state index contributed by atoms with van der Waals surface area (Å²) in [5, 5.41) is 3.47. The van der Waals surface area contributed by atoms with Gasteiger partial charge in [0, 0.05) is 30.5 Å². The summed E-state index contributed by atoms with van der Waals surface area (Å²) in [7, 11) is -0.250. The van der Waals surface area contributed by atoms with Gasteiger partial charge in [-0.3, -0.25) is 0 Å². The second-order valence-electron chi connectivity index (χ2n) is 6.12. The number of imidazole rings is 1. The molecule has 3 rings (SSSR count). The van der Waals surface area contributed by atoms with Crippen LogP contribution in [0.1, 0.15) is 18.5 Å². The predicted octanol–water partition coefficient (Wildman–Crippen LogP) is 3.17. The van der Waals surface area contributed by atoms with Gasteiger partial charge in [0.05, 0.1) is 16.9 Å². The first kappa shape index (κ1) is 18.2. The normalized spacial score (nSPS) is 12.7. The fourth-order valence-electron chi connectivity index (χ4n) is 2.76. The standard InChI is InChI=1S/C19H22N4O2S/c1-14(15-7-5-4-6-8-15)22-18-10-9-16(26(24,25)20-2)11-17(18)19-12-23(3)13-21-19/h4-14,20,22H,1-3H3/t14-/m0/s1. The Kier molecular flexibility index (Phi) is 5.11. The van der Waals surface area contributed by atoms with Crippen LogP contribution in [0.4, 0.5) is 5.69 Å². The van der Waals surface area contributed by atoms with Crippen LogP contribution in [0.3, 0.4) is 0 Å². The molecule has 136 valence electrons. The summed E-state index contributed by atoms with van der Waals surface area (Å²) in [6, 6.07) is 15.2. The van der Waals surface area contributed by atoms with Crippen LogP contribution in [0.25, 0.3) is 11.3 Å². The molecule has 0 unspecified atom stereocenters. The molecule has 0 spiro atoms. The molecule has 1 heterocycles. The third kappa shape index (κ3) is 3.79. The minimum absolute atomic E-state index is 0.0606. The number of benzene rings is 2. The van der Waals surface area contributed by atoms with Gasteiger partial charge in [0.2, 0.25) is 10.0 Å². The molecular weight excluding hydrogens is 348 g/mol. The van der Waals surface area contributed by atoms with E-state index in [2.05, 4.69) is 34.1 Å². The Balaban J connectivity index is 2.04. The maximum Gasteiger partial charge on any atom is 0.240 e. The number of aromatic nitrogens is 2. The molecule has 1 aromatic heterocycles. The highest BCUT2D eigenvalue weighted by Crippen LogP contribution is 2.32. The molecule has 1 atom stereocenters. The molecule has 3 aromatic rings. The Morgan fingerprint density at radius 2 is 1.85 bits per heavy atom. The second kappa shape index (κ2) is 7.31. The summed E-state index contributed by atoms with van der Waals surface area (Å²) in [4.78, 5) is 4.59. The Labute approximate surface area is 154 Å². The van der Waals surface area contributed by atoms with Gasteiger partial charge in [-0.25, -0.2) is 18.1 Å². The first-order chi connectivity index (χ1) is 12.4. The summed E-state index contributed by atoms with van der Waals surface area (Å²) in [5.41, 5.74) is 3.43. The van der Waals surface area contributed by atoms with Crippen LogP contribution in [-0.4, -0.2) is 25.0 Å². The number of anilines is 1. The Morgan fingerprint density at radius 1 is 1.12 bits per heavy atom. The molecule has 26 heavy (non-hydrogen) atoms. The number of rotatable bonds is 6. The van der Waals surface area contributed by atoms with E-state index in [0.29, 0.717) is 5.69 Å². The molecule has 7 heteroatoms. The molecule has 0 aliphatic rings. The lowest BCUT2D eigenvalue weighted by Gasteiger charge is -2.19. The minimum atomic E-state index is -3.53. The van der Waals surface area contributed by atoms with Crippen LogP contribution >= 0.6 is 0 Å². The second-order valence-corrected chi connectivity index (χ2v) is 8.00. The Hall–Kier alpha value is -2.64. The van der Waals surface area contributed by atoms with Gasteiger partial charge in [-0.1, -0.05) is 30.3 Å². The highest BCUT2D eigenvalue weighted by molar-refractivity contribution is 7.89. The van der Waals surface area contributed by atoms with Gasteiger partial charge in [0.25, 0.3) is 0 Å². The van der Waals surface area contributed by atoms with Crippen LogP contribution in [0.5, 0.6) is 0 Å². The van der Waals surface area contributed by atoms with Crippen molar-refractivity contribution in [2.45, 2.75) is 17.9 Å². The highest BCUT2D eigenvalue weighted by Gasteiger charge is 2.17. The molecule has 0 fully saturated rings. The third-order valence-electron chi connectivity index (χ3n) is 4.22. The zero-order chi connectivity index (χ0) is 18.7. The van der Waals surface area contributed by atoms with Crippen LogP contribution in [0.2, 0.25) is 0 Å². The largest absolute Gasteiger partial charge is 0.378 e. The van der Waals surface area contributed by atoms with E-state index in [1.165, 1.54) is 7.05 Å². The maximum atomic E-state index is 12.2. The molecule has 0 aliphatic carbocycles. The molecule has 0 bridgehead atoms. The van der Waals surface area contributed by atoms with Gasteiger partial charge >= 0.3 is 0 Å². The fraction of sp³-hybridized carbons (Fsp3) is 0.211. The van der Waals surface area contributed by atoms with E-state index in [4.69, 9.17) is 0 Å². The molecular formula is C19H22N4O2S. The van der Waals surface area contributed by atoms with Gasteiger partial charge in [0.15, 0.2) is 0 Å². The lowest BCUT2D eigenvalue weighted by atomic mass is 10.1. The molecule has 0 saturated carbocycles. The Bertz CT molecular complexity index is 997. The van der Waals surface area contributed by atoms with Gasteiger partial charge in [-0.05, 0) is 37.7 Å². The van der Waals surface area contributed by atoms with Crippen LogP contribution < -0.4 is 10.0 Å². The predicted molar refractivity (Wildman–Crippen MR) is 103 cm³/mol. The van der Waals surface area contributed by atoms with Crippen molar-refractivity contribution in [1.82, 2.24) is 14.3 Å². The van der Waals surface area contributed by atoms with Gasteiger partial charge in [-0.2, -0.15) is 0 Å². The van der Waals surface area contributed by atoms with E-state index in [1.807, 2.05) is 36.0 Å². The van der Waals surface area contributed by atoms with E-state index in [0.717, 1.165) is 16.8 Å². The monoisotopic (exact) mass is 370 g/mol. The quantitative estimate of drug-likeness (QED) is 0.699. The fourth-order valence-corrected chi connectivity index (χ4v) is 3.51. The third-order valence-corrected chi connectivity index (χ3v) is 5.63. The van der Waals surface area contributed by atoms with E-state index in [-0.39, 0.29) is 10.9 Å². The van der Waals surface area contributed by atoms with Crippen LogP contribution in [0, 0.1) is 0 Å². The molecule has 0 aliphatic heterocycles. The van der Waals surface area contributed by atoms with E-state index < -0.39 is 10.0 Å². The van der Waals surface area contributed by atoms with E-state index in [9.17, 15) is 8.42 Å². The van der Waals surface area contributed by atoms with E-state index >= 15 is 0 Å². The van der Waals surface area contributed by atoms with Crippen LogP contribution in [-0.2, 0) is 17.1 Å².